The largest absolute Gasteiger partial charge is 0.467 e. The van der Waals surface area contributed by atoms with Gasteiger partial charge in [0.05, 0.1) is 12.7 Å². The molecule has 212 valence electrons. The van der Waals surface area contributed by atoms with Gasteiger partial charge in [0.25, 0.3) is 0 Å². The number of rotatable bonds is 3. The second-order valence-electron chi connectivity index (χ2n) is 13.0. The zero-order chi connectivity index (χ0) is 28.8. The number of benzene rings is 1. The molecular formula is C31H42N2O6. The average molecular weight is 539 g/mol. The lowest BCUT2D eigenvalue weighted by atomic mass is 9.53. The van der Waals surface area contributed by atoms with Crippen LogP contribution in [0.1, 0.15) is 83.1 Å². The molecule has 2 saturated heterocycles. The maximum Gasteiger partial charge on any atom is 0.338 e. The summed E-state index contributed by atoms with van der Waals surface area (Å²) in [5, 5.41) is 0. The van der Waals surface area contributed by atoms with Crippen molar-refractivity contribution in [2.24, 2.45) is 16.7 Å². The van der Waals surface area contributed by atoms with Crippen molar-refractivity contribution in [2.45, 2.75) is 78.9 Å². The molecule has 0 bridgehead atoms. The van der Waals surface area contributed by atoms with E-state index in [0.717, 1.165) is 18.4 Å². The number of ether oxygens (including phenoxy) is 2. The minimum Gasteiger partial charge on any atom is -0.467 e. The summed E-state index contributed by atoms with van der Waals surface area (Å²) in [5.74, 6) is -1.65. The van der Waals surface area contributed by atoms with Gasteiger partial charge in [-0.2, -0.15) is 0 Å². The Kier molecular flexibility index (Phi) is 7.71. The van der Waals surface area contributed by atoms with Crippen molar-refractivity contribution >= 4 is 29.3 Å². The summed E-state index contributed by atoms with van der Waals surface area (Å²) in [6, 6.07) is 6.93. The zero-order valence-electron chi connectivity index (χ0n) is 24.3. The Hall–Kier alpha value is -3.16. The molecule has 2 heterocycles. The molecule has 1 aliphatic carbocycles. The van der Waals surface area contributed by atoms with Gasteiger partial charge in [-0.1, -0.05) is 39.0 Å². The van der Waals surface area contributed by atoms with E-state index in [4.69, 9.17) is 9.47 Å². The molecule has 1 unspecified atom stereocenters. The number of allylic oxidation sites excluding steroid dienone is 2. The van der Waals surface area contributed by atoms with Crippen molar-refractivity contribution < 1.29 is 28.7 Å². The van der Waals surface area contributed by atoms with E-state index in [-0.39, 0.29) is 16.8 Å². The molecule has 2 amide bonds. The number of fused-ring (bicyclic) bond motifs is 1. The number of carbonyl (C=O) groups excluding carboxylic acids is 4. The fraction of sp³-hybridized carbons (Fsp3) is 0.613. The Morgan fingerprint density at radius 3 is 2.23 bits per heavy atom. The first-order valence-electron chi connectivity index (χ1n) is 13.9. The van der Waals surface area contributed by atoms with Crippen molar-refractivity contribution in [3.05, 3.63) is 41.5 Å². The summed E-state index contributed by atoms with van der Waals surface area (Å²) >= 11 is 0. The van der Waals surface area contributed by atoms with E-state index in [0.29, 0.717) is 44.0 Å². The maximum absolute atomic E-state index is 13.3. The summed E-state index contributed by atoms with van der Waals surface area (Å²) in [7, 11) is 1.30. The predicted octanol–water partition coefficient (Wildman–Crippen LogP) is 4.47. The van der Waals surface area contributed by atoms with Crippen molar-refractivity contribution in [1.29, 1.82) is 0 Å². The molecule has 0 aromatic heterocycles. The number of methoxy groups -OCH3 is 1. The van der Waals surface area contributed by atoms with E-state index in [9.17, 15) is 19.2 Å². The van der Waals surface area contributed by atoms with Crippen molar-refractivity contribution in [3.8, 4) is 0 Å². The molecule has 0 radical (unpaired) electrons. The molecular weight excluding hydrogens is 496 g/mol. The third kappa shape index (κ3) is 5.61. The van der Waals surface area contributed by atoms with Gasteiger partial charge < -0.3 is 19.3 Å². The van der Waals surface area contributed by atoms with Crippen LogP contribution in [0.4, 0.5) is 0 Å². The quantitative estimate of drug-likeness (QED) is 0.416. The Labute approximate surface area is 231 Å². The lowest BCUT2D eigenvalue weighted by molar-refractivity contribution is -0.159. The highest BCUT2D eigenvalue weighted by Crippen LogP contribution is 2.57. The van der Waals surface area contributed by atoms with E-state index in [2.05, 4.69) is 26.8 Å². The monoisotopic (exact) mass is 538 g/mol. The minimum absolute atomic E-state index is 0.176. The highest BCUT2D eigenvalue weighted by Gasteiger charge is 2.52. The number of amides is 2. The van der Waals surface area contributed by atoms with Gasteiger partial charge in [-0.3, -0.25) is 9.59 Å². The van der Waals surface area contributed by atoms with Crippen LogP contribution < -0.4 is 0 Å². The first-order chi connectivity index (χ1) is 18.2. The Bertz CT molecular complexity index is 1180. The number of hydrogen-bond donors (Lipinski definition) is 0. The number of carbonyl (C=O) groups is 4. The summed E-state index contributed by atoms with van der Waals surface area (Å²) in [4.78, 5) is 54.1. The SMILES string of the molecule is COC(=O)C1CCCN1C(=O)C(=O)N1CC[C@H]2C(C)(C)C(c3ccc(C(=O)OC(C)(C)C)cc3)=CC[C@]2(C)C1. The van der Waals surface area contributed by atoms with E-state index >= 15 is 0 Å². The average Bonchev–Trinajstić information content (AvgIpc) is 3.36. The second-order valence-corrected chi connectivity index (χ2v) is 13.0. The van der Waals surface area contributed by atoms with E-state index < -0.39 is 29.4 Å². The van der Waals surface area contributed by atoms with Gasteiger partial charge in [-0.15, -0.1) is 0 Å². The van der Waals surface area contributed by atoms with Crippen LogP contribution >= 0.6 is 0 Å². The van der Waals surface area contributed by atoms with Crippen LogP contribution in [0.2, 0.25) is 0 Å². The van der Waals surface area contributed by atoms with Gasteiger partial charge in [0.2, 0.25) is 0 Å². The van der Waals surface area contributed by atoms with Crippen LogP contribution in [-0.2, 0) is 23.9 Å². The molecule has 8 heteroatoms. The number of hydrogen-bond acceptors (Lipinski definition) is 6. The molecule has 0 spiro atoms. The summed E-state index contributed by atoms with van der Waals surface area (Å²) in [5.41, 5.74) is 1.92. The molecule has 1 aromatic rings. The third-order valence-corrected chi connectivity index (χ3v) is 8.71. The molecule has 8 nitrogen and oxygen atoms in total. The van der Waals surface area contributed by atoms with E-state index in [1.807, 2.05) is 45.0 Å². The molecule has 39 heavy (non-hydrogen) atoms. The van der Waals surface area contributed by atoms with Crippen LogP contribution in [0.15, 0.2) is 30.3 Å². The molecule has 0 N–H and O–H groups in total. The van der Waals surface area contributed by atoms with Gasteiger partial charge in [0, 0.05) is 19.6 Å². The molecule has 4 rings (SSSR count). The van der Waals surface area contributed by atoms with Gasteiger partial charge >= 0.3 is 23.8 Å². The first kappa shape index (κ1) is 28.8. The number of nitrogens with zero attached hydrogens (tertiary/aromatic N) is 2. The Morgan fingerprint density at radius 2 is 1.62 bits per heavy atom. The van der Waals surface area contributed by atoms with Crippen molar-refractivity contribution in [2.75, 3.05) is 26.7 Å². The highest BCUT2D eigenvalue weighted by atomic mass is 16.6. The van der Waals surface area contributed by atoms with Crippen LogP contribution in [0.25, 0.3) is 5.57 Å². The topological polar surface area (TPSA) is 93.2 Å². The second kappa shape index (κ2) is 10.4. The maximum atomic E-state index is 13.3. The van der Waals surface area contributed by atoms with Crippen molar-refractivity contribution in [3.63, 3.8) is 0 Å². The standard InChI is InChI=1S/C31H42N2O6/c1-29(2,3)39-27(36)21-12-10-20(11-13-21)22-14-16-31(6)19-32(18-15-24(31)30(22,4)5)25(34)26(35)33-17-8-9-23(33)28(37)38-7/h10-14,23-24H,8-9,15-19H2,1-7H3/t23?,24-,31+/m0/s1. The lowest BCUT2D eigenvalue weighted by Crippen LogP contribution is -2.58. The number of esters is 2. The lowest BCUT2D eigenvalue weighted by Gasteiger charge is -2.55. The van der Waals surface area contributed by atoms with E-state index in [1.54, 1.807) is 4.90 Å². The van der Waals surface area contributed by atoms with Gasteiger partial charge in [0.15, 0.2) is 0 Å². The smallest absolute Gasteiger partial charge is 0.338 e. The Balaban J connectivity index is 1.49. The predicted molar refractivity (Wildman–Crippen MR) is 148 cm³/mol. The molecule has 3 aliphatic rings. The fourth-order valence-electron chi connectivity index (χ4n) is 6.92. The molecule has 1 aromatic carbocycles. The molecule has 0 saturated carbocycles. The van der Waals surface area contributed by atoms with Crippen LogP contribution in [0, 0.1) is 16.7 Å². The normalized spacial score (nSPS) is 26.4. The highest BCUT2D eigenvalue weighted by molar-refractivity contribution is 6.35. The summed E-state index contributed by atoms with van der Waals surface area (Å²) < 4.78 is 10.3. The van der Waals surface area contributed by atoms with Crippen LogP contribution in [-0.4, -0.2) is 71.9 Å². The van der Waals surface area contributed by atoms with Crippen LogP contribution in [0.5, 0.6) is 0 Å². The van der Waals surface area contributed by atoms with Crippen molar-refractivity contribution in [1.82, 2.24) is 9.80 Å². The van der Waals surface area contributed by atoms with E-state index in [1.165, 1.54) is 17.6 Å². The minimum atomic E-state index is -0.680. The summed E-state index contributed by atoms with van der Waals surface area (Å²) in [6.07, 6.45) is 5.00. The fourth-order valence-corrected chi connectivity index (χ4v) is 6.92. The Morgan fingerprint density at radius 1 is 0.949 bits per heavy atom. The number of piperidine rings is 1. The van der Waals surface area contributed by atoms with Crippen LogP contribution in [0.3, 0.4) is 0 Å². The van der Waals surface area contributed by atoms with Gasteiger partial charge in [-0.25, -0.2) is 9.59 Å². The first-order valence-corrected chi connectivity index (χ1v) is 13.9. The van der Waals surface area contributed by atoms with Gasteiger partial charge in [-0.05, 0) is 86.5 Å². The summed E-state index contributed by atoms with van der Waals surface area (Å²) in [6.45, 7) is 13.6. The molecule has 2 fully saturated rings. The molecule has 2 aliphatic heterocycles. The number of likely N-dealkylation sites (tertiary alicyclic amines) is 2. The van der Waals surface area contributed by atoms with Gasteiger partial charge in [0.1, 0.15) is 11.6 Å². The third-order valence-electron chi connectivity index (χ3n) is 8.71. The molecule has 3 atom stereocenters. The zero-order valence-corrected chi connectivity index (χ0v) is 24.3.